The minimum Gasteiger partial charge on any atom is -0.490 e. The van der Waals surface area contributed by atoms with Gasteiger partial charge in [-0.15, -0.1) is 0 Å². The summed E-state index contributed by atoms with van der Waals surface area (Å²) in [4.78, 5) is 32.5. The average molecular weight is 433 g/mol. The number of ether oxygens (including phenoxy) is 2. The van der Waals surface area contributed by atoms with Gasteiger partial charge in [0.05, 0.1) is 37.0 Å². The van der Waals surface area contributed by atoms with Gasteiger partial charge in [-0.3, -0.25) is 14.6 Å². The van der Waals surface area contributed by atoms with Gasteiger partial charge in [0.1, 0.15) is 17.5 Å². The van der Waals surface area contributed by atoms with E-state index < -0.39 is 23.3 Å². The summed E-state index contributed by atoms with van der Waals surface area (Å²) in [5, 5.41) is 15.1. The normalized spacial score (nSPS) is 19.3. The largest absolute Gasteiger partial charge is 0.490 e. The van der Waals surface area contributed by atoms with Crippen molar-refractivity contribution in [3.63, 3.8) is 0 Å². The molecule has 0 radical (unpaired) electrons. The molecule has 0 saturated carbocycles. The van der Waals surface area contributed by atoms with E-state index in [4.69, 9.17) is 13.9 Å². The lowest BCUT2D eigenvalue weighted by molar-refractivity contribution is -0.119. The number of nitrogens with zero attached hydrogens (tertiary/aromatic N) is 2. The molecular formula is C22H19N5O5. The summed E-state index contributed by atoms with van der Waals surface area (Å²) < 4.78 is 16.7. The van der Waals surface area contributed by atoms with E-state index in [1.807, 2.05) is 24.3 Å². The first kappa shape index (κ1) is 19.7. The number of hydrogen-bond acceptors (Lipinski definition) is 8. The zero-order valence-electron chi connectivity index (χ0n) is 16.9. The highest BCUT2D eigenvalue weighted by Crippen LogP contribution is 2.38. The molecular weight excluding hydrogens is 414 g/mol. The third kappa shape index (κ3) is 3.54. The first-order chi connectivity index (χ1) is 15.6. The highest BCUT2D eigenvalue weighted by molar-refractivity contribution is 5.97. The van der Waals surface area contributed by atoms with Crippen LogP contribution in [0.15, 0.2) is 45.8 Å². The number of aromatic nitrogens is 2. The molecule has 3 N–H and O–H groups in total. The molecule has 1 amide bonds. The Morgan fingerprint density at radius 1 is 1.19 bits per heavy atom. The molecule has 4 heterocycles. The zero-order valence-corrected chi connectivity index (χ0v) is 16.9. The maximum absolute atomic E-state index is 12.9. The van der Waals surface area contributed by atoms with Crippen molar-refractivity contribution in [1.82, 2.24) is 9.97 Å². The second kappa shape index (κ2) is 8.11. The SMILES string of the molecule is N#CC1C(=O)Nc2nc(NCc3ccc4c(c3)OCCCO4)[nH]c(=O)c2C1c1ccco1. The Morgan fingerprint density at radius 2 is 2.03 bits per heavy atom. The molecule has 162 valence electrons. The predicted octanol–water partition coefficient (Wildman–Crippen LogP) is 2.36. The van der Waals surface area contributed by atoms with Gasteiger partial charge in [-0.05, 0) is 29.8 Å². The van der Waals surface area contributed by atoms with Gasteiger partial charge in [-0.1, -0.05) is 6.07 Å². The summed E-state index contributed by atoms with van der Waals surface area (Å²) in [5.41, 5.74) is 0.627. The Hall–Kier alpha value is -4.26. The number of nitriles is 1. The molecule has 0 spiro atoms. The molecule has 0 bridgehead atoms. The van der Waals surface area contributed by atoms with E-state index in [0.29, 0.717) is 37.0 Å². The number of fused-ring (bicyclic) bond motifs is 2. The number of carbonyl (C=O) groups is 1. The van der Waals surface area contributed by atoms with Crippen LogP contribution in [0.2, 0.25) is 0 Å². The number of H-pyrrole nitrogens is 1. The van der Waals surface area contributed by atoms with E-state index >= 15 is 0 Å². The van der Waals surface area contributed by atoms with Crippen molar-refractivity contribution in [2.45, 2.75) is 18.9 Å². The lowest BCUT2D eigenvalue weighted by atomic mass is 9.82. The van der Waals surface area contributed by atoms with Gasteiger partial charge in [0.2, 0.25) is 11.9 Å². The molecule has 2 aromatic heterocycles. The second-order valence-electron chi connectivity index (χ2n) is 7.45. The maximum Gasteiger partial charge on any atom is 0.258 e. The van der Waals surface area contributed by atoms with Gasteiger partial charge < -0.3 is 24.5 Å². The average Bonchev–Trinajstić information content (AvgIpc) is 3.22. The van der Waals surface area contributed by atoms with Gasteiger partial charge >= 0.3 is 0 Å². The molecule has 5 rings (SSSR count). The summed E-state index contributed by atoms with van der Waals surface area (Å²) in [6, 6.07) is 10.8. The second-order valence-corrected chi connectivity index (χ2v) is 7.45. The summed E-state index contributed by atoms with van der Waals surface area (Å²) in [5.74, 6) is -0.457. The van der Waals surface area contributed by atoms with Crippen LogP contribution in [0, 0.1) is 17.2 Å². The fourth-order valence-electron chi connectivity index (χ4n) is 3.87. The minimum atomic E-state index is -1.10. The quantitative estimate of drug-likeness (QED) is 0.569. The minimum absolute atomic E-state index is 0.104. The van der Waals surface area contributed by atoms with Crippen molar-refractivity contribution in [1.29, 1.82) is 5.26 Å². The van der Waals surface area contributed by atoms with Crippen LogP contribution in [-0.4, -0.2) is 29.1 Å². The van der Waals surface area contributed by atoms with Gasteiger partial charge in [-0.25, -0.2) is 0 Å². The smallest absolute Gasteiger partial charge is 0.258 e. The number of anilines is 2. The standard InChI is InChI=1S/C22H19N5O5/c23-10-13-17(15-3-1-6-31-15)18-19(25-20(13)28)26-22(27-21(18)29)24-11-12-4-5-14-16(9-12)32-8-2-7-30-14/h1,3-6,9,13,17H,2,7-8,11H2,(H3,24,25,26,27,28,29). The molecule has 2 atom stereocenters. The van der Waals surface area contributed by atoms with Gasteiger partial charge in [0.25, 0.3) is 5.56 Å². The summed E-state index contributed by atoms with van der Waals surface area (Å²) >= 11 is 0. The lowest BCUT2D eigenvalue weighted by Crippen LogP contribution is -2.38. The number of rotatable bonds is 4. The highest BCUT2D eigenvalue weighted by atomic mass is 16.5. The molecule has 2 aliphatic rings. The molecule has 0 fully saturated rings. The molecule has 2 aliphatic heterocycles. The van der Waals surface area contributed by atoms with Gasteiger partial charge in [0, 0.05) is 13.0 Å². The van der Waals surface area contributed by atoms with Crippen LogP contribution in [0.3, 0.4) is 0 Å². The number of nitrogens with one attached hydrogen (secondary N) is 3. The topological polar surface area (TPSA) is 142 Å². The number of carbonyl (C=O) groups excluding carboxylic acids is 1. The molecule has 1 aromatic carbocycles. The monoisotopic (exact) mass is 433 g/mol. The zero-order chi connectivity index (χ0) is 22.1. The molecule has 0 saturated heterocycles. The third-order valence-corrected chi connectivity index (χ3v) is 5.38. The molecule has 2 unspecified atom stereocenters. The van der Waals surface area contributed by atoms with Crippen LogP contribution in [0.5, 0.6) is 11.5 Å². The Balaban J connectivity index is 1.42. The highest BCUT2D eigenvalue weighted by Gasteiger charge is 2.41. The van der Waals surface area contributed by atoms with E-state index in [9.17, 15) is 14.9 Å². The van der Waals surface area contributed by atoms with Crippen LogP contribution in [-0.2, 0) is 11.3 Å². The first-order valence-corrected chi connectivity index (χ1v) is 10.1. The number of aromatic amines is 1. The number of furan rings is 1. The summed E-state index contributed by atoms with van der Waals surface area (Å²) in [7, 11) is 0. The first-order valence-electron chi connectivity index (χ1n) is 10.1. The van der Waals surface area contributed by atoms with Crippen molar-refractivity contribution in [2.75, 3.05) is 23.8 Å². The fraction of sp³-hybridized carbons (Fsp3) is 0.273. The molecule has 32 heavy (non-hydrogen) atoms. The van der Waals surface area contributed by atoms with Crippen LogP contribution in [0.25, 0.3) is 0 Å². The van der Waals surface area contributed by atoms with Crippen molar-refractivity contribution in [3.05, 3.63) is 63.8 Å². The van der Waals surface area contributed by atoms with Crippen molar-refractivity contribution >= 4 is 17.7 Å². The van der Waals surface area contributed by atoms with E-state index in [1.165, 1.54) is 6.26 Å². The van der Waals surface area contributed by atoms with Crippen molar-refractivity contribution in [2.24, 2.45) is 5.92 Å². The van der Waals surface area contributed by atoms with E-state index in [0.717, 1.165) is 12.0 Å². The van der Waals surface area contributed by atoms with Crippen LogP contribution in [0.1, 0.15) is 29.2 Å². The maximum atomic E-state index is 12.9. The van der Waals surface area contributed by atoms with E-state index in [-0.39, 0.29) is 17.3 Å². The Kier molecular flexibility index (Phi) is 4.99. The lowest BCUT2D eigenvalue weighted by Gasteiger charge is -2.26. The Morgan fingerprint density at radius 3 is 2.81 bits per heavy atom. The molecule has 3 aromatic rings. The molecule has 0 aliphatic carbocycles. The Labute approximate surface area is 182 Å². The molecule has 10 nitrogen and oxygen atoms in total. The Bertz CT molecular complexity index is 1260. The number of hydrogen-bond donors (Lipinski definition) is 3. The van der Waals surface area contributed by atoms with Crippen LogP contribution in [0.4, 0.5) is 11.8 Å². The van der Waals surface area contributed by atoms with Gasteiger partial charge in [-0.2, -0.15) is 10.2 Å². The predicted molar refractivity (Wildman–Crippen MR) is 113 cm³/mol. The van der Waals surface area contributed by atoms with Crippen LogP contribution < -0.4 is 25.7 Å². The molecule has 10 heteroatoms. The summed E-state index contributed by atoms with van der Waals surface area (Å²) in [6.45, 7) is 1.56. The van der Waals surface area contributed by atoms with Crippen molar-refractivity contribution in [3.8, 4) is 17.6 Å². The number of amides is 1. The number of benzene rings is 1. The van der Waals surface area contributed by atoms with E-state index in [1.54, 1.807) is 12.1 Å². The van der Waals surface area contributed by atoms with Crippen LogP contribution >= 0.6 is 0 Å². The fourth-order valence-corrected chi connectivity index (χ4v) is 3.87. The van der Waals surface area contributed by atoms with Crippen molar-refractivity contribution < 1.29 is 18.7 Å². The van der Waals surface area contributed by atoms with Gasteiger partial charge in [0.15, 0.2) is 11.5 Å². The third-order valence-electron chi connectivity index (χ3n) is 5.38. The summed E-state index contributed by atoms with van der Waals surface area (Å²) in [6.07, 6.45) is 2.25. The van der Waals surface area contributed by atoms with E-state index in [2.05, 4.69) is 20.6 Å².